The Hall–Kier alpha value is -1.81. The highest BCUT2D eigenvalue weighted by Gasteiger charge is 2.19. The lowest BCUT2D eigenvalue weighted by Crippen LogP contribution is -2.29. The van der Waals surface area contributed by atoms with Gasteiger partial charge in [0.25, 0.3) is 5.56 Å². The van der Waals surface area contributed by atoms with Gasteiger partial charge in [0.2, 0.25) is 4.96 Å². The zero-order chi connectivity index (χ0) is 17.8. The second-order valence-electron chi connectivity index (χ2n) is 5.49. The summed E-state index contributed by atoms with van der Waals surface area (Å²) in [5, 5.41) is 4.24. The molecule has 25 heavy (non-hydrogen) atoms. The molecule has 0 spiro atoms. The molecule has 0 aliphatic rings. The van der Waals surface area contributed by atoms with Crippen molar-refractivity contribution < 1.29 is 4.74 Å². The molecule has 0 aromatic carbocycles. The van der Waals surface area contributed by atoms with Gasteiger partial charge in [0.1, 0.15) is 0 Å². The topological polar surface area (TPSA) is 72.6 Å². The Kier molecular flexibility index (Phi) is 5.79. The number of likely N-dealkylation sites (N-methyl/N-ethyl adjacent to an activating group) is 1. The van der Waals surface area contributed by atoms with Crippen molar-refractivity contribution in [2.45, 2.75) is 16.9 Å². The van der Waals surface area contributed by atoms with Crippen LogP contribution in [-0.4, -0.2) is 51.5 Å². The van der Waals surface area contributed by atoms with Gasteiger partial charge < -0.3 is 4.74 Å². The molecule has 0 saturated carbocycles. The van der Waals surface area contributed by atoms with Gasteiger partial charge in [-0.25, -0.2) is 4.98 Å². The molecule has 0 N–H and O–H groups in total. The van der Waals surface area contributed by atoms with Crippen LogP contribution in [-0.2, 0) is 11.3 Å². The van der Waals surface area contributed by atoms with Crippen LogP contribution in [0.25, 0.3) is 4.96 Å². The first-order valence-electron chi connectivity index (χ1n) is 7.66. The summed E-state index contributed by atoms with van der Waals surface area (Å²) >= 11 is 2.92. The van der Waals surface area contributed by atoms with E-state index in [1.54, 1.807) is 13.3 Å². The average molecular weight is 377 g/mol. The third kappa shape index (κ3) is 4.06. The van der Waals surface area contributed by atoms with Gasteiger partial charge in [0.05, 0.1) is 24.0 Å². The van der Waals surface area contributed by atoms with E-state index < -0.39 is 0 Å². The van der Waals surface area contributed by atoms with Crippen LogP contribution in [0.5, 0.6) is 0 Å². The number of hydrogen-bond acceptors (Lipinski definition) is 8. The van der Waals surface area contributed by atoms with Gasteiger partial charge in [-0.05, 0) is 25.4 Å². The summed E-state index contributed by atoms with van der Waals surface area (Å²) in [6.45, 7) is 1.02. The highest BCUT2D eigenvalue weighted by Crippen LogP contribution is 2.22. The molecular formula is C16H19N5O2S2. The fourth-order valence-electron chi connectivity index (χ4n) is 2.54. The second-order valence-corrected chi connectivity index (χ2v) is 7.50. The van der Waals surface area contributed by atoms with Crippen LogP contribution in [0.4, 0.5) is 0 Å². The number of methoxy groups -OCH3 is 1. The minimum Gasteiger partial charge on any atom is -0.383 e. The van der Waals surface area contributed by atoms with E-state index >= 15 is 0 Å². The van der Waals surface area contributed by atoms with Gasteiger partial charge in [-0.15, -0.1) is 5.10 Å². The molecular weight excluding hydrogens is 358 g/mol. The van der Waals surface area contributed by atoms with E-state index in [9.17, 15) is 4.79 Å². The third-order valence-corrected chi connectivity index (χ3v) is 5.64. The van der Waals surface area contributed by atoms with Crippen molar-refractivity contribution in [3.8, 4) is 0 Å². The number of fused-ring (bicyclic) bond motifs is 1. The maximum Gasteiger partial charge on any atom is 0.275 e. The monoisotopic (exact) mass is 377 g/mol. The number of aromatic nitrogens is 4. The van der Waals surface area contributed by atoms with E-state index in [4.69, 9.17) is 4.74 Å². The quantitative estimate of drug-likeness (QED) is 0.584. The van der Waals surface area contributed by atoms with E-state index in [0.717, 1.165) is 10.0 Å². The fraction of sp³-hybridized carbons (Fsp3) is 0.375. The lowest BCUT2D eigenvalue weighted by Gasteiger charge is -2.26. The van der Waals surface area contributed by atoms with Crippen molar-refractivity contribution in [3.63, 3.8) is 0 Å². The highest BCUT2D eigenvalue weighted by atomic mass is 32.2. The van der Waals surface area contributed by atoms with Gasteiger partial charge in [-0.3, -0.25) is 14.7 Å². The zero-order valence-electron chi connectivity index (χ0n) is 14.2. The molecule has 9 heteroatoms. The Morgan fingerprint density at radius 3 is 2.96 bits per heavy atom. The van der Waals surface area contributed by atoms with Gasteiger partial charge in [-0.1, -0.05) is 29.2 Å². The Morgan fingerprint density at radius 1 is 1.44 bits per heavy atom. The van der Waals surface area contributed by atoms with E-state index in [1.165, 1.54) is 33.7 Å². The first-order chi connectivity index (χ1) is 12.1. The minimum absolute atomic E-state index is 0.0188. The highest BCUT2D eigenvalue weighted by molar-refractivity contribution is 8.00. The summed E-state index contributed by atoms with van der Waals surface area (Å²) in [7, 11) is 3.64. The van der Waals surface area contributed by atoms with E-state index in [0.29, 0.717) is 23.8 Å². The first-order valence-corrected chi connectivity index (χ1v) is 9.70. The molecule has 0 aliphatic heterocycles. The van der Waals surface area contributed by atoms with E-state index in [1.807, 2.05) is 31.5 Å². The lowest BCUT2D eigenvalue weighted by atomic mass is 10.1. The zero-order valence-corrected chi connectivity index (χ0v) is 15.9. The van der Waals surface area contributed by atoms with E-state index in [-0.39, 0.29) is 11.6 Å². The normalized spacial score (nSPS) is 12.8. The maximum atomic E-state index is 12.3. The standard InChI is InChI=1S/C16H19N5O2S2/c1-20(13(10-23-2)12-6-4-5-7-17-12)9-11-8-14(22)21-15(18-11)25-16(19-21)24-3/h4-8,13H,9-10H2,1-3H3/t13-/m1/s1. The van der Waals surface area contributed by atoms with Crippen LogP contribution in [0.15, 0.2) is 39.6 Å². The molecule has 3 rings (SSSR count). The van der Waals surface area contributed by atoms with Crippen molar-refractivity contribution in [1.29, 1.82) is 0 Å². The Labute approximate surface area is 153 Å². The first kappa shape index (κ1) is 18.0. The smallest absolute Gasteiger partial charge is 0.275 e. The van der Waals surface area contributed by atoms with Crippen LogP contribution < -0.4 is 5.56 Å². The maximum absolute atomic E-state index is 12.3. The van der Waals surface area contributed by atoms with Crippen molar-refractivity contribution in [3.05, 3.63) is 52.2 Å². The van der Waals surface area contributed by atoms with Crippen molar-refractivity contribution in [2.75, 3.05) is 27.0 Å². The number of thioether (sulfide) groups is 1. The average Bonchev–Trinajstić information content (AvgIpc) is 3.04. The Morgan fingerprint density at radius 2 is 2.28 bits per heavy atom. The lowest BCUT2D eigenvalue weighted by molar-refractivity contribution is 0.0993. The summed E-state index contributed by atoms with van der Waals surface area (Å²) in [6, 6.07) is 7.33. The fourth-order valence-corrected chi connectivity index (χ4v) is 3.92. The summed E-state index contributed by atoms with van der Waals surface area (Å²) < 4.78 is 7.52. The molecule has 3 heterocycles. The molecule has 132 valence electrons. The Bertz CT molecular complexity index is 896. The second kappa shape index (κ2) is 8.05. The molecule has 3 aromatic rings. The molecule has 0 bridgehead atoms. The van der Waals surface area contributed by atoms with Crippen molar-refractivity contribution >= 4 is 28.1 Å². The van der Waals surface area contributed by atoms with Crippen molar-refractivity contribution in [2.24, 2.45) is 0 Å². The molecule has 3 aromatic heterocycles. The van der Waals surface area contributed by atoms with Crippen LogP contribution in [0.3, 0.4) is 0 Å². The molecule has 0 fully saturated rings. The van der Waals surface area contributed by atoms with Crippen LogP contribution in [0.1, 0.15) is 17.4 Å². The number of nitrogens with zero attached hydrogens (tertiary/aromatic N) is 5. The number of rotatable bonds is 7. The van der Waals surface area contributed by atoms with Crippen LogP contribution in [0.2, 0.25) is 0 Å². The number of hydrogen-bond donors (Lipinski definition) is 0. The van der Waals surface area contributed by atoms with Gasteiger partial charge in [-0.2, -0.15) is 4.52 Å². The molecule has 0 amide bonds. The predicted octanol–water partition coefficient (Wildman–Crippen LogP) is 2.09. The number of pyridine rings is 1. The minimum atomic E-state index is -0.161. The number of ether oxygens (including phenoxy) is 1. The molecule has 1 atom stereocenters. The third-order valence-electron chi connectivity index (χ3n) is 3.75. The molecule has 7 nitrogen and oxygen atoms in total. The predicted molar refractivity (Wildman–Crippen MR) is 99.2 cm³/mol. The summed E-state index contributed by atoms with van der Waals surface area (Å²) in [6.07, 6.45) is 3.70. The summed E-state index contributed by atoms with van der Waals surface area (Å²) in [4.78, 5) is 24.0. The molecule has 0 saturated heterocycles. The van der Waals surface area contributed by atoms with Gasteiger partial charge in [0, 0.05) is 25.9 Å². The molecule has 0 aliphatic carbocycles. The van der Waals surface area contributed by atoms with Crippen LogP contribution in [0, 0.1) is 0 Å². The van der Waals surface area contributed by atoms with Crippen molar-refractivity contribution in [1.82, 2.24) is 24.5 Å². The Balaban J connectivity index is 1.87. The molecule has 0 radical (unpaired) electrons. The van der Waals surface area contributed by atoms with Crippen LogP contribution >= 0.6 is 23.1 Å². The summed E-state index contributed by atoms with van der Waals surface area (Å²) in [5.74, 6) is 0. The SMILES string of the molecule is COC[C@H](c1ccccn1)N(C)Cc1cc(=O)n2nc(SC)sc2n1. The summed E-state index contributed by atoms with van der Waals surface area (Å²) in [5.41, 5.74) is 1.47. The largest absolute Gasteiger partial charge is 0.383 e. The van der Waals surface area contributed by atoms with E-state index in [2.05, 4.69) is 20.0 Å². The molecule has 0 unspecified atom stereocenters. The van der Waals surface area contributed by atoms with Gasteiger partial charge in [0.15, 0.2) is 4.34 Å². The van der Waals surface area contributed by atoms with Gasteiger partial charge >= 0.3 is 0 Å².